The molecule has 0 spiro atoms. The number of hydrogen-bond donors (Lipinski definition) is 3. The van der Waals surface area contributed by atoms with Crippen molar-refractivity contribution in [2.75, 3.05) is 61.9 Å². The van der Waals surface area contributed by atoms with Gasteiger partial charge in [0.15, 0.2) is 0 Å². The van der Waals surface area contributed by atoms with Gasteiger partial charge in [-0.25, -0.2) is 4.57 Å². The van der Waals surface area contributed by atoms with Crippen LogP contribution in [0, 0.1) is 0 Å². The first-order valence-corrected chi connectivity index (χ1v) is 8.10. The van der Waals surface area contributed by atoms with Crippen molar-refractivity contribution in [3.8, 4) is 0 Å². The third-order valence-corrected chi connectivity index (χ3v) is 1.90. The molecule has 0 aliphatic rings. The van der Waals surface area contributed by atoms with Crippen molar-refractivity contribution in [1.82, 2.24) is 14.7 Å². The number of phosphoric acid groups is 1. The average Bonchev–Trinajstić information content (AvgIpc) is 2.28. The molecule has 0 radical (unpaired) electrons. The van der Waals surface area contributed by atoms with Crippen molar-refractivity contribution >= 4 is 7.82 Å². The van der Waals surface area contributed by atoms with Crippen molar-refractivity contribution in [2.45, 2.75) is 20.8 Å². The molecule has 0 saturated carbocycles. The van der Waals surface area contributed by atoms with Crippen LogP contribution in [0.25, 0.3) is 0 Å². The molecule has 8 heteroatoms. The Morgan fingerprint density at radius 1 is 0.650 bits per heavy atom. The number of hydrogen-bond acceptors (Lipinski definition) is 4. The summed E-state index contributed by atoms with van der Waals surface area (Å²) in [4.78, 5) is 27.9. The molecule has 0 rings (SSSR count). The Balaban J connectivity index is -0.0000000853. The van der Waals surface area contributed by atoms with Crippen LogP contribution >= 0.6 is 7.82 Å². The summed E-state index contributed by atoms with van der Waals surface area (Å²) in [5.41, 5.74) is 0. The van der Waals surface area contributed by atoms with Crippen LogP contribution in [0.2, 0.25) is 0 Å². The lowest BCUT2D eigenvalue weighted by atomic mass is 10.7. The lowest BCUT2D eigenvalue weighted by molar-refractivity contribution is 0.275. The van der Waals surface area contributed by atoms with E-state index in [-0.39, 0.29) is 0 Å². The van der Waals surface area contributed by atoms with Crippen LogP contribution in [-0.4, -0.2) is 91.3 Å². The highest BCUT2D eigenvalue weighted by Crippen LogP contribution is 2.25. The van der Waals surface area contributed by atoms with E-state index < -0.39 is 7.82 Å². The second-order valence-corrected chi connectivity index (χ2v) is 5.73. The molecule has 0 saturated heterocycles. The van der Waals surface area contributed by atoms with E-state index in [1.165, 1.54) is 0 Å². The Hall–Kier alpha value is -0.0100. The summed E-state index contributed by atoms with van der Waals surface area (Å²) in [5.74, 6) is 0. The van der Waals surface area contributed by atoms with Gasteiger partial charge in [-0.15, -0.1) is 0 Å². The van der Waals surface area contributed by atoms with Gasteiger partial charge in [-0.05, 0) is 61.9 Å². The van der Waals surface area contributed by atoms with Gasteiger partial charge in [-0.2, -0.15) is 0 Å². The molecule has 3 N–H and O–H groups in total. The van der Waals surface area contributed by atoms with Gasteiger partial charge in [0.25, 0.3) is 0 Å². The fourth-order valence-corrected chi connectivity index (χ4v) is 0. The summed E-state index contributed by atoms with van der Waals surface area (Å²) in [6.07, 6.45) is 0. The lowest BCUT2D eigenvalue weighted by Gasteiger charge is -2.00. The van der Waals surface area contributed by atoms with Gasteiger partial charge in [-0.3, -0.25) is 0 Å². The Kier molecular flexibility index (Phi) is 26.8. The molecule has 0 aromatic carbocycles. The fraction of sp³-hybridized carbons (Fsp3) is 1.00. The third kappa shape index (κ3) is 145. The summed E-state index contributed by atoms with van der Waals surface area (Å²) in [5, 5.41) is 0. The van der Waals surface area contributed by atoms with Crippen molar-refractivity contribution in [2.24, 2.45) is 0 Å². The topological polar surface area (TPSA) is 87.5 Å². The fourth-order valence-electron chi connectivity index (χ4n) is 0. The minimum Gasteiger partial charge on any atom is -0.310 e. The van der Waals surface area contributed by atoms with Crippen LogP contribution in [0.5, 0.6) is 0 Å². The molecule has 0 atom stereocenters. The third-order valence-electron chi connectivity index (χ3n) is 1.90. The summed E-state index contributed by atoms with van der Waals surface area (Å²) >= 11 is 0. The monoisotopic (exact) mass is 317 g/mol. The van der Waals surface area contributed by atoms with E-state index in [2.05, 4.69) is 77.8 Å². The first-order valence-electron chi connectivity index (χ1n) is 6.54. The molecule has 0 aliphatic heterocycles. The van der Waals surface area contributed by atoms with E-state index >= 15 is 0 Å². The van der Waals surface area contributed by atoms with Crippen molar-refractivity contribution in [3.05, 3.63) is 0 Å². The molecule has 0 aromatic rings. The van der Waals surface area contributed by atoms with Crippen LogP contribution in [-0.2, 0) is 4.57 Å². The Labute approximate surface area is 125 Å². The Bertz CT molecular complexity index is 182. The molecule has 0 aliphatic carbocycles. The smallest absolute Gasteiger partial charge is 0.310 e. The quantitative estimate of drug-likeness (QED) is 0.663. The molecule has 7 nitrogen and oxygen atoms in total. The zero-order chi connectivity index (χ0) is 17.4. The molecule has 0 unspecified atom stereocenters. The zero-order valence-corrected chi connectivity index (χ0v) is 15.6. The summed E-state index contributed by atoms with van der Waals surface area (Å²) < 4.78 is 8.88. The number of nitrogens with zero attached hydrogens (tertiary/aromatic N) is 3. The molecular formula is C12H36N3O4P. The minimum atomic E-state index is -4.64. The van der Waals surface area contributed by atoms with E-state index in [1.807, 2.05) is 0 Å². The Morgan fingerprint density at radius 3 is 0.700 bits per heavy atom. The normalized spacial score (nSPS) is 10.2. The average molecular weight is 317 g/mol. The molecule has 20 heavy (non-hydrogen) atoms. The first kappa shape index (κ1) is 28.2. The van der Waals surface area contributed by atoms with E-state index in [0.717, 1.165) is 19.6 Å². The number of rotatable bonds is 3. The standard InChI is InChI=1S/3C4H11N.H3O4P/c3*1-4-5(2)3;1-5(2,3)4/h3*4H2,1-3H3;(H3,1,2,3,4). The SMILES string of the molecule is CCN(C)C.CCN(C)C.CCN(C)C.O=P(O)(O)O. The van der Waals surface area contributed by atoms with Crippen molar-refractivity contribution < 1.29 is 19.2 Å². The molecule has 0 amide bonds. The van der Waals surface area contributed by atoms with Crippen LogP contribution in [0.15, 0.2) is 0 Å². The lowest BCUT2D eigenvalue weighted by Crippen LogP contribution is -2.08. The second-order valence-electron chi connectivity index (χ2n) is 4.70. The highest BCUT2D eigenvalue weighted by Gasteiger charge is 2.00. The van der Waals surface area contributed by atoms with Crippen LogP contribution < -0.4 is 0 Å². The summed E-state index contributed by atoms with van der Waals surface area (Å²) in [6.45, 7) is 9.79. The maximum atomic E-state index is 8.88. The van der Waals surface area contributed by atoms with Gasteiger partial charge in [0.2, 0.25) is 0 Å². The molecule has 0 heterocycles. The van der Waals surface area contributed by atoms with Crippen molar-refractivity contribution in [1.29, 1.82) is 0 Å². The van der Waals surface area contributed by atoms with Gasteiger partial charge in [0.1, 0.15) is 0 Å². The first-order chi connectivity index (χ1) is 8.81. The van der Waals surface area contributed by atoms with Gasteiger partial charge in [-0.1, -0.05) is 20.8 Å². The molecule has 0 aromatic heterocycles. The van der Waals surface area contributed by atoms with Gasteiger partial charge < -0.3 is 29.4 Å². The second kappa shape index (κ2) is 19.0. The van der Waals surface area contributed by atoms with Gasteiger partial charge in [0, 0.05) is 0 Å². The Morgan fingerprint density at radius 2 is 0.700 bits per heavy atom. The summed E-state index contributed by atoms with van der Waals surface area (Å²) in [7, 11) is 7.69. The minimum absolute atomic E-state index is 1.14. The maximum absolute atomic E-state index is 8.88. The van der Waals surface area contributed by atoms with E-state index in [0.29, 0.717) is 0 Å². The van der Waals surface area contributed by atoms with E-state index in [1.54, 1.807) is 0 Å². The molecular weight excluding hydrogens is 281 g/mol. The maximum Gasteiger partial charge on any atom is 0.466 e. The molecule has 0 bridgehead atoms. The summed E-state index contributed by atoms with van der Waals surface area (Å²) in [6, 6.07) is 0. The van der Waals surface area contributed by atoms with Crippen LogP contribution in [0.4, 0.5) is 0 Å². The van der Waals surface area contributed by atoms with Gasteiger partial charge >= 0.3 is 7.82 Å². The highest BCUT2D eigenvalue weighted by molar-refractivity contribution is 7.45. The predicted octanol–water partition coefficient (Wildman–Crippen LogP) is 0.775. The van der Waals surface area contributed by atoms with Crippen LogP contribution in [0.3, 0.4) is 0 Å². The molecule has 0 fully saturated rings. The van der Waals surface area contributed by atoms with Gasteiger partial charge in [0.05, 0.1) is 0 Å². The largest absolute Gasteiger partial charge is 0.466 e. The van der Waals surface area contributed by atoms with E-state index in [9.17, 15) is 0 Å². The predicted molar refractivity (Wildman–Crippen MR) is 86.9 cm³/mol. The van der Waals surface area contributed by atoms with Crippen molar-refractivity contribution in [3.63, 3.8) is 0 Å². The highest BCUT2D eigenvalue weighted by atomic mass is 31.2. The zero-order valence-electron chi connectivity index (χ0n) is 14.7. The van der Waals surface area contributed by atoms with E-state index in [4.69, 9.17) is 19.2 Å². The van der Waals surface area contributed by atoms with Crippen LogP contribution in [0.1, 0.15) is 20.8 Å². The molecule has 128 valence electrons.